The van der Waals surface area contributed by atoms with E-state index in [1.807, 2.05) is 66.9 Å². The van der Waals surface area contributed by atoms with Gasteiger partial charge >= 0.3 is 0 Å². The summed E-state index contributed by atoms with van der Waals surface area (Å²) in [6.07, 6.45) is 0.532. The predicted octanol–water partition coefficient (Wildman–Crippen LogP) is 3.71. The molecule has 148 valence electrons. The maximum absolute atomic E-state index is 12.4. The normalized spacial score (nSPS) is 16.1. The number of para-hydroxylation sites is 1. The number of thiazole rings is 1. The lowest BCUT2D eigenvalue weighted by Gasteiger charge is -2.17. The largest absolute Gasteiger partial charge is 0.457 e. The average Bonchev–Trinajstić information content (AvgIpc) is 3.28. The average molecular weight is 407 g/mol. The SMILES string of the molecule is Cc1nc(CC(=O)NC2CC(=O)N(c3ccc(Oc4ccccc4)cc3)C2)cs1. The number of carbonyl (C=O) groups is 2. The molecular formula is C22H21N3O3S. The van der Waals surface area contributed by atoms with Gasteiger partial charge in [0.25, 0.3) is 0 Å². The number of aromatic nitrogens is 1. The minimum Gasteiger partial charge on any atom is -0.457 e. The molecule has 0 radical (unpaired) electrons. The van der Waals surface area contributed by atoms with Crippen molar-refractivity contribution in [2.75, 3.05) is 11.4 Å². The first-order chi connectivity index (χ1) is 14.1. The number of ether oxygens (including phenoxy) is 1. The van der Waals surface area contributed by atoms with E-state index >= 15 is 0 Å². The van der Waals surface area contributed by atoms with Gasteiger partial charge in [-0.3, -0.25) is 9.59 Å². The molecule has 0 bridgehead atoms. The number of nitrogens with one attached hydrogen (secondary N) is 1. The molecule has 2 amide bonds. The first-order valence-corrected chi connectivity index (χ1v) is 10.3. The van der Waals surface area contributed by atoms with Gasteiger partial charge in [0.15, 0.2) is 0 Å². The highest BCUT2D eigenvalue weighted by Crippen LogP contribution is 2.27. The van der Waals surface area contributed by atoms with Crippen molar-refractivity contribution in [2.24, 2.45) is 0 Å². The van der Waals surface area contributed by atoms with Crippen molar-refractivity contribution in [3.05, 3.63) is 70.7 Å². The van der Waals surface area contributed by atoms with Crippen LogP contribution in [0.25, 0.3) is 0 Å². The summed E-state index contributed by atoms with van der Waals surface area (Å²) in [6, 6.07) is 16.7. The zero-order valence-electron chi connectivity index (χ0n) is 16.0. The second-order valence-electron chi connectivity index (χ2n) is 6.92. The standard InChI is InChI=1S/C22H21N3O3S/c1-15-23-17(14-29-15)11-21(26)24-16-12-22(27)25(13-16)18-7-9-20(10-8-18)28-19-5-3-2-4-6-19/h2-10,14,16H,11-13H2,1H3,(H,24,26). The predicted molar refractivity (Wildman–Crippen MR) is 112 cm³/mol. The van der Waals surface area contributed by atoms with Crippen molar-refractivity contribution < 1.29 is 14.3 Å². The van der Waals surface area contributed by atoms with E-state index in [-0.39, 0.29) is 24.3 Å². The van der Waals surface area contributed by atoms with Gasteiger partial charge in [0, 0.05) is 24.0 Å². The lowest BCUT2D eigenvalue weighted by Crippen LogP contribution is -2.38. The number of amides is 2. The van der Waals surface area contributed by atoms with Gasteiger partial charge in [-0.2, -0.15) is 0 Å². The summed E-state index contributed by atoms with van der Waals surface area (Å²) in [5.41, 5.74) is 1.56. The Morgan fingerprint density at radius 3 is 2.59 bits per heavy atom. The Bertz CT molecular complexity index is 1000. The van der Waals surface area contributed by atoms with Crippen LogP contribution in [-0.2, 0) is 16.0 Å². The molecule has 0 aliphatic carbocycles. The molecule has 0 saturated carbocycles. The maximum Gasteiger partial charge on any atom is 0.229 e. The van der Waals surface area contributed by atoms with Crippen molar-refractivity contribution in [1.82, 2.24) is 10.3 Å². The minimum absolute atomic E-state index is 0.00321. The smallest absolute Gasteiger partial charge is 0.229 e. The Morgan fingerprint density at radius 2 is 1.90 bits per heavy atom. The van der Waals surface area contributed by atoms with E-state index in [1.165, 1.54) is 11.3 Å². The minimum atomic E-state index is -0.199. The van der Waals surface area contributed by atoms with Gasteiger partial charge in [0.2, 0.25) is 11.8 Å². The summed E-state index contributed by atoms with van der Waals surface area (Å²) < 4.78 is 5.79. The molecular weight excluding hydrogens is 386 g/mol. The maximum atomic E-state index is 12.4. The summed E-state index contributed by atoms with van der Waals surface area (Å²) in [6.45, 7) is 2.37. The third-order valence-corrected chi connectivity index (χ3v) is 5.45. The van der Waals surface area contributed by atoms with Crippen LogP contribution in [0, 0.1) is 6.92 Å². The van der Waals surface area contributed by atoms with Crippen molar-refractivity contribution in [3.63, 3.8) is 0 Å². The molecule has 3 aromatic rings. The van der Waals surface area contributed by atoms with E-state index in [4.69, 9.17) is 4.74 Å². The molecule has 0 spiro atoms. The van der Waals surface area contributed by atoms with Gasteiger partial charge in [0.1, 0.15) is 11.5 Å². The summed E-state index contributed by atoms with van der Waals surface area (Å²) in [7, 11) is 0. The molecule has 2 heterocycles. The summed E-state index contributed by atoms with van der Waals surface area (Å²) in [5, 5.41) is 5.78. The lowest BCUT2D eigenvalue weighted by atomic mass is 10.2. The number of nitrogens with zero attached hydrogens (tertiary/aromatic N) is 2. The fourth-order valence-corrected chi connectivity index (χ4v) is 3.92. The van der Waals surface area contributed by atoms with E-state index in [0.717, 1.165) is 22.1 Å². The summed E-state index contributed by atoms with van der Waals surface area (Å²) >= 11 is 1.52. The Labute approximate surface area is 173 Å². The molecule has 1 saturated heterocycles. The third-order valence-electron chi connectivity index (χ3n) is 4.63. The van der Waals surface area contributed by atoms with Gasteiger partial charge in [-0.25, -0.2) is 4.98 Å². The van der Waals surface area contributed by atoms with Gasteiger partial charge in [-0.15, -0.1) is 11.3 Å². The Morgan fingerprint density at radius 1 is 1.17 bits per heavy atom. The Balaban J connectivity index is 1.34. The van der Waals surface area contributed by atoms with Crippen molar-refractivity contribution in [2.45, 2.75) is 25.8 Å². The van der Waals surface area contributed by atoms with Crippen LogP contribution in [-0.4, -0.2) is 29.4 Å². The first kappa shape index (κ1) is 19.1. The number of hydrogen-bond donors (Lipinski definition) is 1. The van der Waals surface area contributed by atoms with Crippen LogP contribution in [0.4, 0.5) is 5.69 Å². The van der Waals surface area contributed by atoms with Crippen molar-refractivity contribution in [1.29, 1.82) is 0 Å². The van der Waals surface area contributed by atoms with Gasteiger partial charge in [-0.05, 0) is 43.3 Å². The number of hydrogen-bond acceptors (Lipinski definition) is 5. The Kier molecular flexibility index (Phi) is 5.57. The molecule has 1 atom stereocenters. The number of anilines is 1. The summed E-state index contributed by atoms with van der Waals surface area (Å²) in [5.74, 6) is 1.35. The third kappa shape index (κ3) is 4.81. The second-order valence-corrected chi connectivity index (χ2v) is 7.98. The fourth-order valence-electron chi connectivity index (χ4n) is 3.31. The number of rotatable bonds is 6. The fraction of sp³-hybridized carbons (Fsp3) is 0.227. The van der Waals surface area contributed by atoms with Gasteiger partial charge in [0.05, 0.1) is 23.2 Å². The monoisotopic (exact) mass is 407 g/mol. The van der Waals surface area contributed by atoms with E-state index in [2.05, 4.69) is 10.3 Å². The van der Waals surface area contributed by atoms with E-state index in [9.17, 15) is 9.59 Å². The molecule has 1 aromatic heterocycles. The molecule has 1 N–H and O–H groups in total. The highest BCUT2D eigenvalue weighted by Gasteiger charge is 2.31. The van der Waals surface area contributed by atoms with Crippen molar-refractivity contribution in [3.8, 4) is 11.5 Å². The van der Waals surface area contributed by atoms with E-state index < -0.39 is 0 Å². The highest BCUT2D eigenvalue weighted by atomic mass is 32.1. The van der Waals surface area contributed by atoms with Crippen molar-refractivity contribution >= 4 is 28.8 Å². The zero-order valence-corrected chi connectivity index (χ0v) is 16.8. The second kappa shape index (κ2) is 8.45. The quantitative estimate of drug-likeness (QED) is 0.676. The van der Waals surface area contributed by atoms with Crippen LogP contribution in [0.15, 0.2) is 60.0 Å². The molecule has 7 heteroatoms. The Hall–Kier alpha value is -3.19. The molecule has 6 nitrogen and oxygen atoms in total. The zero-order chi connectivity index (χ0) is 20.2. The van der Waals surface area contributed by atoms with Crippen LogP contribution < -0.4 is 15.0 Å². The van der Waals surface area contributed by atoms with Crippen LogP contribution in [0.3, 0.4) is 0 Å². The van der Waals surface area contributed by atoms with Crippen LogP contribution in [0.2, 0.25) is 0 Å². The van der Waals surface area contributed by atoms with E-state index in [0.29, 0.717) is 18.7 Å². The van der Waals surface area contributed by atoms with Crippen LogP contribution in [0.1, 0.15) is 17.1 Å². The molecule has 1 aliphatic heterocycles. The summed E-state index contributed by atoms with van der Waals surface area (Å²) in [4.78, 5) is 30.7. The highest BCUT2D eigenvalue weighted by molar-refractivity contribution is 7.09. The topological polar surface area (TPSA) is 71.5 Å². The lowest BCUT2D eigenvalue weighted by molar-refractivity contribution is -0.121. The van der Waals surface area contributed by atoms with Crippen LogP contribution >= 0.6 is 11.3 Å². The van der Waals surface area contributed by atoms with Gasteiger partial charge in [-0.1, -0.05) is 18.2 Å². The first-order valence-electron chi connectivity index (χ1n) is 9.40. The molecule has 1 aliphatic rings. The van der Waals surface area contributed by atoms with Gasteiger partial charge < -0.3 is 15.0 Å². The molecule has 1 fully saturated rings. The number of benzene rings is 2. The molecule has 4 rings (SSSR count). The number of carbonyl (C=O) groups excluding carboxylic acids is 2. The number of aryl methyl sites for hydroxylation is 1. The molecule has 1 unspecified atom stereocenters. The van der Waals surface area contributed by atoms with Crippen LogP contribution in [0.5, 0.6) is 11.5 Å². The molecule has 2 aromatic carbocycles. The van der Waals surface area contributed by atoms with E-state index in [1.54, 1.807) is 4.90 Å². The molecule has 29 heavy (non-hydrogen) atoms.